The first-order valence-corrected chi connectivity index (χ1v) is 9.16. The summed E-state index contributed by atoms with van der Waals surface area (Å²) in [5.74, 6) is 2.57. The summed E-state index contributed by atoms with van der Waals surface area (Å²) < 4.78 is 2.21. The molecule has 0 bridgehead atoms. The molecule has 0 fully saturated rings. The van der Waals surface area contributed by atoms with Gasteiger partial charge in [0.1, 0.15) is 28.8 Å². The molecule has 0 unspecified atom stereocenters. The standard InChI is InChI=1S/C12H15N5.C7H9N3O/c1-2-8-6-7-11-15-16-12(17(8)11)9-4-3-5-10(13)14-9;8-4-6(11)5-2-1-3-7(9)10-5/h3-5,8H,2,6-7H2,1H3,(H2,13,14);1-3H,4,8H2,(H2,9,10)/t8-;/m1./s1. The fraction of sp³-hybridized carbons (Fsp3) is 0.316. The number of nitrogen functional groups attached to an aromatic ring is 2. The number of anilines is 2. The Labute approximate surface area is 163 Å². The lowest BCUT2D eigenvalue weighted by atomic mass is 10.1. The molecule has 9 heteroatoms. The van der Waals surface area contributed by atoms with Crippen LogP contribution in [-0.2, 0) is 6.42 Å². The zero-order valence-corrected chi connectivity index (χ0v) is 15.7. The van der Waals surface area contributed by atoms with Gasteiger partial charge in [-0.1, -0.05) is 19.1 Å². The summed E-state index contributed by atoms with van der Waals surface area (Å²) in [5, 5.41) is 8.48. The molecule has 9 nitrogen and oxygen atoms in total. The molecule has 0 radical (unpaired) electrons. The van der Waals surface area contributed by atoms with E-state index in [-0.39, 0.29) is 12.3 Å². The highest BCUT2D eigenvalue weighted by atomic mass is 16.1. The van der Waals surface area contributed by atoms with Gasteiger partial charge in [-0.25, -0.2) is 9.97 Å². The molecule has 3 aromatic rings. The predicted octanol–water partition coefficient (Wildman–Crippen LogP) is 1.62. The predicted molar refractivity (Wildman–Crippen MR) is 107 cm³/mol. The number of carbonyl (C=O) groups excluding carboxylic acids is 1. The van der Waals surface area contributed by atoms with Gasteiger partial charge in [-0.3, -0.25) is 4.79 Å². The van der Waals surface area contributed by atoms with Crippen LogP contribution in [0.2, 0.25) is 0 Å². The van der Waals surface area contributed by atoms with Crippen molar-refractivity contribution in [3.8, 4) is 11.5 Å². The van der Waals surface area contributed by atoms with Gasteiger partial charge in [-0.05, 0) is 37.1 Å². The second-order valence-electron chi connectivity index (χ2n) is 6.43. The minimum Gasteiger partial charge on any atom is -0.384 e. The van der Waals surface area contributed by atoms with Gasteiger partial charge in [0.2, 0.25) is 0 Å². The van der Waals surface area contributed by atoms with Crippen LogP contribution in [0.1, 0.15) is 42.1 Å². The number of nitrogens with zero attached hydrogens (tertiary/aromatic N) is 5. The molecule has 6 N–H and O–H groups in total. The van der Waals surface area contributed by atoms with E-state index >= 15 is 0 Å². The van der Waals surface area contributed by atoms with Gasteiger partial charge in [-0.2, -0.15) is 0 Å². The van der Waals surface area contributed by atoms with E-state index < -0.39 is 0 Å². The summed E-state index contributed by atoms with van der Waals surface area (Å²) in [5.41, 5.74) is 17.3. The Morgan fingerprint density at radius 3 is 2.46 bits per heavy atom. The topological polar surface area (TPSA) is 152 Å². The summed E-state index contributed by atoms with van der Waals surface area (Å²) in [6.07, 6.45) is 3.25. The van der Waals surface area contributed by atoms with Gasteiger partial charge in [0, 0.05) is 12.5 Å². The number of Topliss-reactive ketones (excluding diaryl/α,β-unsaturated/α-hetero) is 1. The molecule has 0 saturated heterocycles. The Bertz CT molecular complexity index is 968. The third-order valence-electron chi connectivity index (χ3n) is 4.55. The van der Waals surface area contributed by atoms with Crippen molar-refractivity contribution in [1.82, 2.24) is 24.7 Å². The first-order chi connectivity index (χ1) is 13.5. The second-order valence-corrected chi connectivity index (χ2v) is 6.43. The van der Waals surface area contributed by atoms with Crippen molar-refractivity contribution in [2.24, 2.45) is 5.73 Å². The maximum atomic E-state index is 10.9. The molecule has 1 aliphatic rings. The van der Waals surface area contributed by atoms with Crippen LogP contribution in [0.3, 0.4) is 0 Å². The highest BCUT2D eigenvalue weighted by molar-refractivity contribution is 5.95. The van der Waals surface area contributed by atoms with E-state index in [4.69, 9.17) is 17.2 Å². The van der Waals surface area contributed by atoms with Crippen LogP contribution < -0.4 is 17.2 Å². The number of rotatable bonds is 4. The Kier molecular flexibility index (Phi) is 5.95. The molecule has 4 rings (SSSR count). The monoisotopic (exact) mass is 380 g/mol. The smallest absolute Gasteiger partial charge is 0.194 e. The number of pyridine rings is 2. The Hall–Kier alpha value is -3.33. The molecule has 0 aromatic carbocycles. The van der Waals surface area contributed by atoms with Gasteiger partial charge in [0.15, 0.2) is 11.6 Å². The summed E-state index contributed by atoms with van der Waals surface area (Å²) in [6, 6.07) is 11.0. The van der Waals surface area contributed by atoms with Crippen molar-refractivity contribution in [3.63, 3.8) is 0 Å². The van der Waals surface area contributed by atoms with E-state index in [1.807, 2.05) is 12.1 Å². The summed E-state index contributed by atoms with van der Waals surface area (Å²) in [7, 11) is 0. The largest absolute Gasteiger partial charge is 0.384 e. The maximum Gasteiger partial charge on any atom is 0.194 e. The molecule has 4 heterocycles. The fourth-order valence-corrected chi connectivity index (χ4v) is 3.15. The average Bonchev–Trinajstić information content (AvgIpc) is 3.30. The number of aryl methyl sites for hydroxylation is 1. The van der Waals surface area contributed by atoms with Gasteiger partial charge < -0.3 is 21.8 Å². The lowest BCUT2D eigenvalue weighted by Gasteiger charge is -2.12. The molecule has 0 spiro atoms. The molecule has 0 saturated carbocycles. The summed E-state index contributed by atoms with van der Waals surface area (Å²) in [4.78, 5) is 19.0. The van der Waals surface area contributed by atoms with E-state index in [9.17, 15) is 4.79 Å². The zero-order valence-electron chi connectivity index (χ0n) is 15.7. The molecule has 3 aromatic heterocycles. The average molecular weight is 380 g/mol. The number of aromatic nitrogens is 5. The van der Waals surface area contributed by atoms with Crippen LogP contribution in [0.25, 0.3) is 11.5 Å². The minimum absolute atomic E-state index is 0.0313. The molecule has 0 aliphatic carbocycles. The van der Waals surface area contributed by atoms with Crippen LogP contribution in [0.4, 0.5) is 11.6 Å². The third kappa shape index (κ3) is 4.15. The molecule has 1 aliphatic heterocycles. The van der Waals surface area contributed by atoms with E-state index in [1.165, 1.54) is 0 Å². The molecule has 0 amide bonds. The lowest BCUT2D eigenvalue weighted by Crippen LogP contribution is -2.15. The van der Waals surface area contributed by atoms with E-state index in [0.29, 0.717) is 23.4 Å². The number of hydrogen-bond donors (Lipinski definition) is 3. The van der Waals surface area contributed by atoms with Crippen molar-refractivity contribution < 1.29 is 4.79 Å². The molecule has 28 heavy (non-hydrogen) atoms. The van der Waals surface area contributed by atoms with Crippen molar-refractivity contribution in [2.45, 2.75) is 32.2 Å². The number of carbonyl (C=O) groups is 1. The van der Waals surface area contributed by atoms with Crippen LogP contribution in [0.15, 0.2) is 36.4 Å². The van der Waals surface area contributed by atoms with Gasteiger partial charge in [0.05, 0.1) is 6.54 Å². The van der Waals surface area contributed by atoms with Gasteiger partial charge in [-0.15, -0.1) is 10.2 Å². The first-order valence-electron chi connectivity index (χ1n) is 9.16. The van der Waals surface area contributed by atoms with Gasteiger partial charge >= 0.3 is 0 Å². The van der Waals surface area contributed by atoms with Crippen LogP contribution >= 0.6 is 0 Å². The lowest BCUT2D eigenvalue weighted by molar-refractivity contribution is 0.0997. The van der Waals surface area contributed by atoms with Crippen molar-refractivity contribution in [2.75, 3.05) is 18.0 Å². The van der Waals surface area contributed by atoms with Crippen molar-refractivity contribution in [3.05, 3.63) is 47.9 Å². The number of hydrogen-bond acceptors (Lipinski definition) is 8. The molecule has 1 atom stereocenters. The van der Waals surface area contributed by atoms with E-state index in [0.717, 1.165) is 36.6 Å². The number of fused-ring (bicyclic) bond motifs is 1. The van der Waals surface area contributed by atoms with Crippen LogP contribution in [-0.4, -0.2) is 37.1 Å². The zero-order chi connectivity index (χ0) is 20.1. The first kappa shape index (κ1) is 19.4. The molecular weight excluding hydrogens is 356 g/mol. The molecular formula is C19H24N8O. The summed E-state index contributed by atoms with van der Waals surface area (Å²) in [6.45, 7) is 2.16. The van der Waals surface area contributed by atoms with Crippen molar-refractivity contribution >= 4 is 17.4 Å². The molecule has 146 valence electrons. The Balaban J connectivity index is 0.000000178. The highest BCUT2D eigenvalue weighted by Crippen LogP contribution is 2.32. The fourth-order valence-electron chi connectivity index (χ4n) is 3.15. The van der Waals surface area contributed by atoms with Gasteiger partial charge in [0.25, 0.3) is 0 Å². The SMILES string of the molecule is CC[C@@H]1CCc2nnc(-c3cccc(N)n3)n21.NCC(=O)c1cccc(N)n1. The quantitative estimate of drug-likeness (QED) is 0.577. The Morgan fingerprint density at radius 2 is 1.82 bits per heavy atom. The van der Waals surface area contributed by atoms with Crippen LogP contribution in [0, 0.1) is 0 Å². The van der Waals surface area contributed by atoms with Crippen LogP contribution in [0.5, 0.6) is 0 Å². The maximum absolute atomic E-state index is 10.9. The number of ketones is 1. The summed E-state index contributed by atoms with van der Waals surface area (Å²) >= 11 is 0. The normalized spacial score (nSPS) is 14.9. The van der Waals surface area contributed by atoms with E-state index in [1.54, 1.807) is 24.3 Å². The second kappa shape index (κ2) is 8.57. The van der Waals surface area contributed by atoms with Crippen molar-refractivity contribution in [1.29, 1.82) is 0 Å². The highest BCUT2D eigenvalue weighted by Gasteiger charge is 2.26. The van der Waals surface area contributed by atoms with E-state index in [2.05, 4.69) is 31.7 Å². The Morgan fingerprint density at radius 1 is 1.11 bits per heavy atom. The minimum atomic E-state index is -0.197. The third-order valence-corrected chi connectivity index (χ3v) is 4.55. The number of nitrogens with two attached hydrogens (primary N) is 3.